The van der Waals surface area contributed by atoms with Gasteiger partial charge in [-0.1, -0.05) is 35.9 Å². The third-order valence-electron chi connectivity index (χ3n) is 3.18. The highest BCUT2D eigenvalue weighted by Crippen LogP contribution is 2.21. The molecular weight excluding hydrogens is 322 g/mol. The van der Waals surface area contributed by atoms with Crippen molar-refractivity contribution in [1.29, 1.82) is 0 Å². The zero-order chi connectivity index (χ0) is 16.2. The Bertz CT molecular complexity index is 760. The average Bonchev–Trinajstić information content (AvgIpc) is 2.49. The SMILES string of the molecule is CCOc1ccccc1CNS(=O)(=O)c1ccc(C)c(Cl)c1. The average molecular weight is 340 g/mol. The van der Waals surface area contributed by atoms with Crippen LogP contribution >= 0.6 is 11.6 Å². The Kier molecular flexibility index (Phi) is 5.45. The number of hydrogen-bond donors (Lipinski definition) is 1. The molecule has 0 fully saturated rings. The number of hydrogen-bond acceptors (Lipinski definition) is 3. The molecule has 0 heterocycles. The first-order chi connectivity index (χ1) is 10.4. The van der Waals surface area contributed by atoms with Crippen LogP contribution in [0.2, 0.25) is 5.02 Å². The minimum Gasteiger partial charge on any atom is -0.494 e. The summed E-state index contributed by atoms with van der Waals surface area (Å²) in [5.41, 5.74) is 1.62. The van der Waals surface area contributed by atoms with Gasteiger partial charge in [0.1, 0.15) is 5.75 Å². The lowest BCUT2D eigenvalue weighted by Crippen LogP contribution is -2.23. The molecule has 0 aliphatic rings. The zero-order valence-corrected chi connectivity index (χ0v) is 14.0. The maximum Gasteiger partial charge on any atom is 0.240 e. The van der Waals surface area contributed by atoms with E-state index >= 15 is 0 Å². The lowest BCUT2D eigenvalue weighted by atomic mass is 10.2. The first kappa shape index (κ1) is 16.8. The quantitative estimate of drug-likeness (QED) is 0.876. The lowest BCUT2D eigenvalue weighted by molar-refractivity contribution is 0.336. The van der Waals surface area contributed by atoms with Crippen molar-refractivity contribution in [3.8, 4) is 5.75 Å². The third-order valence-corrected chi connectivity index (χ3v) is 4.98. The molecule has 0 saturated carbocycles. The van der Waals surface area contributed by atoms with Crippen LogP contribution in [-0.4, -0.2) is 15.0 Å². The zero-order valence-electron chi connectivity index (χ0n) is 12.5. The second-order valence-corrected chi connectivity index (χ2v) is 6.95. The lowest BCUT2D eigenvalue weighted by Gasteiger charge is -2.12. The van der Waals surface area contributed by atoms with Gasteiger partial charge in [-0.25, -0.2) is 13.1 Å². The fraction of sp³-hybridized carbons (Fsp3) is 0.250. The summed E-state index contributed by atoms with van der Waals surface area (Å²) in [6, 6.07) is 12.0. The first-order valence-electron chi connectivity index (χ1n) is 6.90. The molecule has 2 aromatic carbocycles. The van der Waals surface area contributed by atoms with Gasteiger partial charge in [-0.05, 0) is 37.6 Å². The second-order valence-electron chi connectivity index (χ2n) is 4.78. The van der Waals surface area contributed by atoms with E-state index < -0.39 is 10.0 Å². The fourth-order valence-electron chi connectivity index (χ4n) is 1.94. The van der Waals surface area contributed by atoms with Gasteiger partial charge in [-0.15, -0.1) is 0 Å². The van der Waals surface area contributed by atoms with Gasteiger partial charge in [-0.2, -0.15) is 0 Å². The highest BCUT2D eigenvalue weighted by atomic mass is 35.5. The van der Waals surface area contributed by atoms with Gasteiger partial charge in [0.15, 0.2) is 0 Å². The predicted octanol–water partition coefficient (Wildman–Crippen LogP) is 3.53. The van der Waals surface area contributed by atoms with Crippen molar-refractivity contribution in [1.82, 2.24) is 4.72 Å². The predicted molar refractivity (Wildman–Crippen MR) is 87.8 cm³/mol. The number of ether oxygens (including phenoxy) is 1. The van der Waals surface area contributed by atoms with Gasteiger partial charge in [0.05, 0.1) is 11.5 Å². The fourth-order valence-corrected chi connectivity index (χ4v) is 3.22. The Hall–Kier alpha value is -1.56. The Balaban J connectivity index is 2.18. The molecule has 2 rings (SSSR count). The number of rotatable bonds is 6. The Morgan fingerprint density at radius 3 is 2.59 bits per heavy atom. The van der Waals surface area contributed by atoms with Crippen LogP contribution < -0.4 is 9.46 Å². The van der Waals surface area contributed by atoms with E-state index in [1.54, 1.807) is 6.07 Å². The van der Waals surface area contributed by atoms with Crippen LogP contribution in [0.15, 0.2) is 47.4 Å². The highest BCUT2D eigenvalue weighted by Gasteiger charge is 2.15. The second kappa shape index (κ2) is 7.13. The van der Waals surface area contributed by atoms with E-state index in [1.165, 1.54) is 12.1 Å². The minimum absolute atomic E-state index is 0.150. The van der Waals surface area contributed by atoms with Crippen LogP contribution in [0.4, 0.5) is 0 Å². The summed E-state index contributed by atoms with van der Waals surface area (Å²) < 4.78 is 32.7. The van der Waals surface area contributed by atoms with E-state index in [4.69, 9.17) is 16.3 Å². The molecule has 0 bridgehead atoms. The van der Waals surface area contributed by atoms with E-state index in [-0.39, 0.29) is 11.4 Å². The Morgan fingerprint density at radius 2 is 1.91 bits per heavy atom. The molecule has 6 heteroatoms. The highest BCUT2D eigenvalue weighted by molar-refractivity contribution is 7.89. The summed E-state index contributed by atoms with van der Waals surface area (Å²) in [6.07, 6.45) is 0. The Labute approximate surface area is 136 Å². The molecule has 0 spiro atoms. The molecule has 0 aromatic heterocycles. The molecule has 0 saturated heterocycles. The number of para-hydroxylation sites is 1. The van der Waals surface area contributed by atoms with Gasteiger partial charge >= 0.3 is 0 Å². The van der Waals surface area contributed by atoms with Gasteiger partial charge in [0.25, 0.3) is 0 Å². The number of sulfonamides is 1. The van der Waals surface area contributed by atoms with Crippen LogP contribution in [0.3, 0.4) is 0 Å². The van der Waals surface area contributed by atoms with Crippen molar-refractivity contribution in [2.75, 3.05) is 6.61 Å². The first-order valence-corrected chi connectivity index (χ1v) is 8.76. The number of benzene rings is 2. The summed E-state index contributed by atoms with van der Waals surface area (Å²) in [4.78, 5) is 0.150. The number of nitrogens with one attached hydrogen (secondary N) is 1. The smallest absolute Gasteiger partial charge is 0.240 e. The molecule has 0 radical (unpaired) electrons. The number of aryl methyl sites for hydroxylation is 1. The van der Waals surface area contributed by atoms with E-state index in [9.17, 15) is 8.42 Å². The normalized spacial score (nSPS) is 11.4. The molecule has 0 aliphatic carbocycles. The molecule has 2 aromatic rings. The van der Waals surface area contributed by atoms with Gasteiger partial charge < -0.3 is 4.74 Å². The van der Waals surface area contributed by atoms with Crippen LogP contribution in [0.25, 0.3) is 0 Å². The molecule has 22 heavy (non-hydrogen) atoms. The molecule has 0 amide bonds. The summed E-state index contributed by atoms with van der Waals surface area (Å²) in [5.74, 6) is 0.676. The van der Waals surface area contributed by atoms with Gasteiger partial charge in [0, 0.05) is 17.1 Å². The van der Waals surface area contributed by atoms with E-state index in [1.807, 2.05) is 38.1 Å². The summed E-state index contributed by atoms with van der Waals surface area (Å²) in [6.45, 7) is 4.39. The maximum atomic E-state index is 12.3. The van der Waals surface area contributed by atoms with Crippen LogP contribution in [0.5, 0.6) is 5.75 Å². The van der Waals surface area contributed by atoms with E-state index in [0.29, 0.717) is 17.4 Å². The largest absolute Gasteiger partial charge is 0.494 e. The maximum absolute atomic E-state index is 12.3. The van der Waals surface area contributed by atoms with Crippen molar-refractivity contribution >= 4 is 21.6 Å². The van der Waals surface area contributed by atoms with Crippen molar-refractivity contribution in [3.05, 3.63) is 58.6 Å². The molecule has 0 unspecified atom stereocenters. The van der Waals surface area contributed by atoms with Crippen LogP contribution in [-0.2, 0) is 16.6 Å². The van der Waals surface area contributed by atoms with Crippen molar-refractivity contribution in [2.24, 2.45) is 0 Å². The van der Waals surface area contributed by atoms with Gasteiger partial charge in [-0.3, -0.25) is 0 Å². The third kappa shape index (κ3) is 4.00. The van der Waals surface area contributed by atoms with Crippen molar-refractivity contribution in [2.45, 2.75) is 25.3 Å². The molecule has 0 aliphatic heterocycles. The molecule has 118 valence electrons. The molecule has 1 N–H and O–H groups in total. The molecule has 4 nitrogen and oxygen atoms in total. The molecular formula is C16H18ClNO3S. The van der Waals surface area contributed by atoms with Crippen molar-refractivity contribution in [3.63, 3.8) is 0 Å². The molecule has 0 atom stereocenters. The Morgan fingerprint density at radius 1 is 1.18 bits per heavy atom. The van der Waals surface area contributed by atoms with Crippen molar-refractivity contribution < 1.29 is 13.2 Å². The summed E-state index contributed by atoms with van der Waals surface area (Å²) >= 11 is 5.99. The summed E-state index contributed by atoms with van der Waals surface area (Å²) in [7, 11) is -3.62. The van der Waals surface area contributed by atoms with Gasteiger partial charge in [0.2, 0.25) is 10.0 Å². The number of halogens is 1. The van der Waals surface area contributed by atoms with Crippen LogP contribution in [0.1, 0.15) is 18.1 Å². The summed E-state index contributed by atoms with van der Waals surface area (Å²) in [5, 5.41) is 0.428. The topological polar surface area (TPSA) is 55.4 Å². The van der Waals surface area contributed by atoms with Crippen LogP contribution in [0, 0.1) is 6.92 Å². The minimum atomic E-state index is -3.62. The monoisotopic (exact) mass is 339 g/mol. The van der Waals surface area contributed by atoms with E-state index in [2.05, 4.69) is 4.72 Å². The van der Waals surface area contributed by atoms with E-state index in [0.717, 1.165) is 11.1 Å². The standard InChI is InChI=1S/C16H18ClNO3S/c1-3-21-16-7-5-4-6-13(16)11-18-22(19,20)14-9-8-12(2)15(17)10-14/h4-10,18H,3,11H2,1-2H3.